The number of aromatic nitrogens is 2. The van der Waals surface area contributed by atoms with Crippen molar-refractivity contribution >= 4 is 9.84 Å². The van der Waals surface area contributed by atoms with Crippen molar-refractivity contribution in [2.75, 3.05) is 18.1 Å². The molecule has 0 atom stereocenters. The highest BCUT2D eigenvalue weighted by Gasteiger charge is 2.08. The van der Waals surface area contributed by atoms with E-state index >= 15 is 0 Å². The van der Waals surface area contributed by atoms with Crippen molar-refractivity contribution in [3.63, 3.8) is 0 Å². The molecule has 1 aromatic heterocycles. The van der Waals surface area contributed by atoms with Gasteiger partial charge in [-0.2, -0.15) is 0 Å². The van der Waals surface area contributed by atoms with Crippen LogP contribution in [0.15, 0.2) is 12.4 Å². The molecule has 5 nitrogen and oxygen atoms in total. The summed E-state index contributed by atoms with van der Waals surface area (Å²) in [6.45, 7) is 4.75. The normalized spacial score (nSPS) is 11.6. The molecule has 0 aromatic carbocycles. The first-order chi connectivity index (χ1) is 8.03. The summed E-state index contributed by atoms with van der Waals surface area (Å²) in [7, 11) is -2.89. The first kappa shape index (κ1) is 14.1. The van der Waals surface area contributed by atoms with Gasteiger partial charge in [0.25, 0.3) is 0 Å². The summed E-state index contributed by atoms with van der Waals surface area (Å²) in [4.78, 5) is 8.29. The van der Waals surface area contributed by atoms with Crippen LogP contribution in [-0.4, -0.2) is 36.4 Å². The first-order valence-electron chi connectivity index (χ1n) is 5.72. The van der Waals surface area contributed by atoms with Crippen molar-refractivity contribution in [2.45, 2.75) is 26.8 Å². The van der Waals surface area contributed by atoms with E-state index in [1.807, 2.05) is 13.8 Å². The number of sulfone groups is 1. The van der Waals surface area contributed by atoms with E-state index in [0.717, 1.165) is 11.4 Å². The van der Waals surface area contributed by atoms with Crippen molar-refractivity contribution in [3.05, 3.63) is 23.8 Å². The van der Waals surface area contributed by atoms with Crippen molar-refractivity contribution in [1.29, 1.82) is 0 Å². The van der Waals surface area contributed by atoms with Gasteiger partial charge in [-0.15, -0.1) is 0 Å². The van der Waals surface area contributed by atoms with Crippen molar-refractivity contribution in [3.8, 4) is 0 Å². The van der Waals surface area contributed by atoms with Crippen LogP contribution in [0.3, 0.4) is 0 Å². The predicted molar refractivity (Wildman–Crippen MR) is 67.4 cm³/mol. The molecule has 1 rings (SSSR count). The molecule has 0 saturated heterocycles. The Morgan fingerprint density at radius 1 is 1.24 bits per heavy atom. The molecule has 96 valence electrons. The Kier molecular flexibility index (Phi) is 5.50. The molecule has 0 aliphatic rings. The minimum atomic E-state index is -2.89. The maximum absolute atomic E-state index is 11.4. The molecular weight excluding hydrogens is 238 g/mol. The summed E-state index contributed by atoms with van der Waals surface area (Å²) < 4.78 is 22.8. The van der Waals surface area contributed by atoms with Crippen LogP contribution < -0.4 is 5.32 Å². The van der Waals surface area contributed by atoms with E-state index in [0.29, 0.717) is 19.5 Å². The third-order valence-electron chi connectivity index (χ3n) is 2.25. The average molecular weight is 257 g/mol. The van der Waals surface area contributed by atoms with Gasteiger partial charge in [-0.1, -0.05) is 6.92 Å². The van der Waals surface area contributed by atoms with Crippen LogP contribution in [-0.2, 0) is 16.4 Å². The van der Waals surface area contributed by atoms with Gasteiger partial charge in [-0.3, -0.25) is 9.97 Å². The Labute approximate surface area is 103 Å². The summed E-state index contributed by atoms with van der Waals surface area (Å²) in [5, 5.41) is 3.05. The average Bonchev–Trinajstić information content (AvgIpc) is 2.27. The Morgan fingerprint density at radius 2 is 2.00 bits per heavy atom. The number of aryl methyl sites for hydroxylation is 1. The molecule has 1 heterocycles. The molecule has 0 amide bonds. The highest BCUT2D eigenvalue weighted by atomic mass is 32.2. The van der Waals surface area contributed by atoms with Gasteiger partial charge >= 0.3 is 0 Å². The van der Waals surface area contributed by atoms with Crippen molar-refractivity contribution in [2.24, 2.45) is 0 Å². The third kappa shape index (κ3) is 5.74. The Bertz CT molecular complexity index is 429. The van der Waals surface area contributed by atoms with E-state index < -0.39 is 9.84 Å². The lowest BCUT2D eigenvalue weighted by atomic mass is 10.4. The third-order valence-corrected chi connectivity index (χ3v) is 4.10. The van der Waals surface area contributed by atoms with E-state index in [9.17, 15) is 8.42 Å². The molecule has 17 heavy (non-hydrogen) atoms. The lowest BCUT2D eigenvalue weighted by molar-refractivity contribution is 0.588. The van der Waals surface area contributed by atoms with E-state index in [4.69, 9.17) is 0 Å². The minimum absolute atomic E-state index is 0.181. The second kappa shape index (κ2) is 6.66. The maximum Gasteiger partial charge on any atom is 0.151 e. The van der Waals surface area contributed by atoms with Crippen molar-refractivity contribution < 1.29 is 8.42 Å². The molecule has 0 radical (unpaired) electrons. The summed E-state index contributed by atoms with van der Waals surface area (Å²) in [5.41, 5.74) is 1.70. The molecule has 0 fully saturated rings. The Hall–Kier alpha value is -1.01. The fourth-order valence-corrected chi connectivity index (χ4v) is 2.65. The van der Waals surface area contributed by atoms with E-state index in [1.165, 1.54) is 0 Å². The fraction of sp³-hybridized carbons (Fsp3) is 0.636. The number of hydrogen-bond donors (Lipinski definition) is 1. The SMILES string of the molecule is CCCS(=O)(=O)CCNCc1cnc(C)cn1. The van der Waals surface area contributed by atoms with E-state index in [1.54, 1.807) is 12.4 Å². The summed E-state index contributed by atoms with van der Waals surface area (Å²) >= 11 is 0. The van der Waals surface area contributed by atoms with Gasteiger partial charge in [-0.25, -0.2) is 8.42 Å². The second-order valence-corrected chi connectivity index (χ2v) is 6.28. The van der Waals surface area contributed by atoms with E-state index in [2.05, 4.69) is 15.3 Å². The Morgan fingerprint density at radius 3 is 2.59 bits per heavy atom. The number of hydrogen-bond acceptors (Lipinski definition) is 5. The van der Waals surface area contributed by atoms with Gasteiger partial charge in [0.2, 0.25) is 0 Å². The fourth-order valence-electron chi connectivity index (χ4n) is 1.37. The van der Waals surface area contributed by atoms with Gasteiger partial charge in [0.1, 0.15) is 0 Å². The molecule has 0 saturated carbocycles. The minimum Gasteiger partial charge on any atom is -0.310 e. The summed E-state index contributed by atoms with van der Waals surface area (Å²) in [6.07, 6.45) is 4.07. The second-order valence-electron chi connectivity index (χ2n) is 3.98. The molecule has 0 unspecified atom stereocenters. The van der Waals surface area contributed by atoms with Crippen molar-refractivity contribution in [1.82, 2.24) is 15.3 Å². The van der Waals surface area contributed by atoms with Crippen LogP contribution in [0.5, 0.6) is 0 Å². The predicted octanol–water partition coefficient (Wildman–Crippen LogP) is 0.699. The zero-order valence-corrected chi connectivity index (χ0v) is 11.1. The lowest BCUT2D eigenvalue weighted by Crippen LogP contribution is -2.24. The molecule has 0 spiro atoms. The van der Waals surface area contributed by atoms with Gasteiger partial charge < -0.3 is 5.32 Å². The zero-order valence-electron chi connectivity index (χ0n) is 10.3. The molecule has 1 N–H and O–H groups in total. The highest BCUT2D eigenvalue weighted by molar-refractivity contribution is 7.91. The van der Waals surface area contributed by atoms with Gasteiger partial charge in [0, 0.05) is 31.2 Å². The smallest absolute Gasteiger partial charge is 0.151 e. The number of nitrogens with one attached hydrogen (secondary N) is 1. The standard InChI is InChI=1S/C11H19N3O2S/c1-3-5-17(15,16)6-4-12-8-11-9-13-10(2)7-14-11/h7,9,12H,3-6,8H2,1-2H3. The first-order valence-corrected chi connectivity index (χ1v) is 7.54. The van der Waals surface area contributed by atoms with Gasteiger partial charge in [0.15, 0.2) is 9.84 Å². The van der Waals surface area contributed by atoms with Gasteiger partial charge in [-0.05, 0) is 13.3 Å². The van der Waals surface area contributed by atoms with Crippen LogP contribution in [0.25, 0.3) is 0 Å². The Balaban J connectivity index is 2.27. The maximum atomic E-state index is 11.4. The summed E-state index contributed by atoms with van der Waals surface area (Å²) in [6, 6.07) is 0. The number of nitrogens with zero attached hydrogens (tertiary/aromatic N) is 2. The lowest BCUT2D eigenvalue weighted by Gasteiger charge is -2.05. The monoisotopic (exact) mass is 257 g/mol. The molecule has 0 aliphatic heterocycles. The molecule has 1 aromatic rings. The summed E-state index contributed by atoms with van der Waals surface area (Å²) in [5.74, 6) is 0.444. The van der Waals surface area contributed by atoms with Crippen LogP contribution >= 0.6 is 0 Å². The van der Waals surface area contributed by atoms with Crippen LogP contribution in [0.4, 0.5) is 0 Å². The quantitative estimate of drug-likeness (QED) is 0.728. The van der Waals surface area contributed by atoms with Crippen LogP contribution in [0.2, 0.25) is 0 Å². The van der Waals surface area contributed by atoms with E-state index in [-0.39, 0.29) is 11.5 Å². The molecule has 0 bridgehead atoms. The molecule has 6 heteroatoms. The highest BCUT2D eigenvalue weighted by Crippen LogP contribution is 1.95. The van der Waals surface area contributed by atoms with Crippen LogP contribution in [0.1, 0.15) is 24.7 Å². The molecule has 0 aliphatic carbocycles. The topological polar surface area (TPSA) is 72.0 Å². The van der Waals surface area contributed by atoms with Gasteiger partial charge in [0.05, 0.1) is 17.1 Å². The largest absolute Gasteiger partial charge is 0.310 e. The zero-order chi connectivity index (χ0) is 12.7. The van der Waals surface area contributed by atoms with Crippen LogP contribution in [0, 0.1) is 6.92 Å². The molecular formula is C11H19N3O2S. The number of rotatable bonds is 7.